The highest BCUT2D eigenvalue weighted by atomic mass is 16.6. The van der Waals surface area contributed by atoms with Crippen molar-refractivity contribution in [1.29, 1.82) is 0 Å². The van der Waals surface area contributed by atoms with Crippen molar-refractivity contribution in [3.05, 3.63) is 12.2 Å². The third-order valence-electron chi connectivity index (χ3n) is 5.62. The van der Waals surface area contributed by atoms with Crippen LogP contribution < -0.4 is 0 Å². The normalized spacial score (nSPS) is 39.8. The first-order chi connectivity index (χ1) is 10.7. The number of rotatable bonds is 4. The van der Waals surface area contributed by atoms with Crippen molar-refractivity contribution < 1.29 is 19.1 Å². The Morgan fingerprint density at radius 3 is 2.95 bits per heavy atom. The third-order valence-corrected chi connectivity index (χ3v) is 5.62. The van der Waals surface area contributed by atoms with Crippen LogP contribution in [0.2, 0.25) is 0 Å². The Labute approximate surface area is 130 Å². The summed E-state index contributed by atoms with van der Waals surface area (Å²) in [7, 11) is 0. The molecule has 3 aliphatic heterocycles. The largest absolute Gasteiger partial charge is 0.465 e. The molecule has 0 aromatic heterocycles. The molecule has 0 aromatic carbocycles. The van der Waals surface area contributed by atoms with E-state index in [1.807, 2.05) is 24.0 Å². The van der Waals surface area contributed by atoms with Crippen molar-refractivity contribution in [2.75, 3.05) is 13.2 Å². The number of carbonyl (C=O) groups excluding carboxylic acids is 2. The molecule has 0 radical (unpaired) electrons. The standard InChI is InChI=1S/C17H23NO4/c1-2-9-21-16(20)13-12-7-8-17(22-12)10-18(15(19)14(13)17)11-5-3-4-6-11/h7-8,11-14H,2-6,9-10H2,1H3/t12-,13?,14+,17-/m1/s1. The summed E-state index contributed by atoms with van der Waals surface area (Å²) in [6.45, 7) is 2.98. The van der Waals surface area contributed by atoms with Crippen molar-refractivity contribution in [3.8, 4) is 0 Å². The minimum atomic E-state index is -0.583. The lowest BCUT2D eigenvalue weighted by Gasteiger charge is -2.26. The molecule has 4 atom stereocenters. The molecule has 0 aromatic rings. The van der Waals surface area contributed by atoms with E-state index in [4.69, 9.17) is 9.47 Å². The number of carbonyl (C=O) groups is 2. The molecule has 2 saturated heterocycles. The number of hydrogen-bond acceptors (Lipinski definition) is 4. The van der Waals surface area contributed by atoms with Crippen LogP contribution in [0.25, 0.3) is 0 Å². The summed E-state index contributed by atoms with van der Waals surface area (Å²) in [6.07, 6.45) is 8.99. The van der Waals surface area contributed by atoms with Gasteiger partial charge in [0.15, 0.2) is 0 Å². The average molecular weight is 305 g/mol. The van der Waals surface area contributed by atoms with Gasteiger partial charge in [0.1, 0.15) is 11.5 Å². The van der Waals surface area contributed by atoms with Gasteiger partial charge < -0.3 is 14.4 Å². The fourth-order valence-corrected chi connectivity index (χ4v) is 4.62. The molecular weight excluding hydrogens is 282 g/mol. The zero-order valence-electron chi connectivity index (χ0n) is 13.0. The lowest BCUT2D eigenvalue weighted by Crippen LogP contribution is -2.41. The van der Waals surface area contributed by atoms with Crippen LogP contribution in [0.4, 0.5) is 0 Å². The summed E-state index contributed by atoms with van der Waals surface area (Å²) in [5.41, 5.74) is -0.583. The molecule has 4 aliphatic rings. The van der Waals surface area contributed by atoms with Gasteiger partial charge in [-0.15, -0.1) is 0 Å². The van der Waals surface area contributed by atoms with Gasteiger partial charge in [0, 0.05) is 6.04 Å². The van der Waals surface area contributed by atoms with E-state index >= 15 is 0 Å². The summed E-state index contributed by atoms with van der Waals surface area (Å²) in [5.74, 6) is -1.02. The van der Waals surface area contributed by atoms with Crippen molar-refractivity contribution in [2.24, 2.45) is 11.8 Å². The van der Waals surface area contributed by atoms with E-state index in [2.05, 4.69) is 0 Å². The molecule has 5 heteroatoms. The molecule has 22 heavy (non-hydrogen) atoms. The fraction of sp³-hybridized carbons (Fsp3) is 0.765. The van der Waals surface area contributed by atoms with Crippen LogP contribution >= 0.6 is 0 Å². The van der Waals surface area contributed by atoms with Crippen LogP contribution in [0, 0.1) is 11.8 Å². The molecule has 2 bridgehead atoms. The van der Waals surface area contributed by atoms with E-state index in [0.29, 0.717) is 19.2 Å². The molecule has 1 aliphatic carbocycles. The topological polar surface area (TPSA) is 55.8 Å². The van der Waals surface area contributed by atoms with Gasteiger partial charge in [-0.05, 0) is 19.3 Å². The lowest BCUT2D eigenvalue weighted by atomic mass is 9.77. The second-order valence-corrected chi connectivity index (χ2v) is 6.97. The van der Waals surface area contributed by atoms with Gasteiger partial charge in [-0.3, -0.25) is 9.59 Å². The van der Waals surface area contributed by atoms with Crippen LogP contribution in [0.3, 0.4) is 0 Å². The van der Waals surface area contributed by atoms with Crippen LogP contribution in [-0.2, 0) is 19.1 Å². The number of fused-ring (bicyclic) bond motifs is 1. The van der Waals surface area contributed by atoms with E-state index in [-0.39, 0.29) is 23.9 Å². The third kappa shape index (κ3) is 1.87. The maximum Gasteiger partial charge on any atom is 0.312 e. The Kier molecular flexibility index (Phi) is 3.29. The van der Waals surface area contributed by atoms with Crippen LogP contribution in [0.5, 0.6) is 0 Å². The van der Waals surface area contributed by atoms with E-state index in [1.165, 1.54) is 12.8 Å². The average Bonchev–Trinajstić information content (AvgIpc) is 3.25. The molecule has 1 saturated carbocycles. The number of likely N-dealkylation sites (tertiary alicyclic amines) is 1. The van der Waals surface area contributed by atoms with Gasteiger partial charge in [0.2, 0.25) is 5.91 Å². The number of ether oxygens (including phenoxy) is 2. The molecule has 1 spiro atoms. The highest BCUT2D eigenvalue weighted by molar-refractivity contribution is 5.91. The molecule has 1 unspecified atom stereocenters. The molecular formula is C17H23NO4. The predicted octanol–water partition coefficient (Wildman–Crippen LogP) is 1.66. The molecule has 3 fully saturated rings. The second-order valence-electron chi connectivity index (χ2n) is 6.97. The zero-order chi connectivity index (χ0) is 15.3. The first-order valence-electron chi connectivity index (χ1n) is 8.50. The Morgan fingerprint density at radius 1 is 1.45 bits per heavy atom. The molecule has 4 rings (SSSR count). The number of esters is 1. The molecule has 1 amide bonds. The van der Waals surface area contributed by atoms with Gasteiger partial charge in [0.25, 0.3) is 0 Å². The van der Waals surface area contributed by atoms with Gasteiger partial charge in [-0.25, -0.2) is 0 Å². The summed E-state index contributed by atoms with van der Waals surface area (Å²) < 4.78 is 11.4. The van der Waals surface area contributed by atoms with Crippen molar-refractivity contribution in [2.45, 2.75) is 56.8 Å². The highest BCUT2D eigenvalue weighted by Gasteiger charge is 2.67. The van der Waals surface area contributed by atoms with Gasteiger partial charge >= 0.3 is 5.97 Å². The van der Waals surface area contributed by atoms with Crippen molar-refractivity contribution in [3.63, 3.8) is 0 Å². The van der Waals surface area contributed by atoms with Gasteiger partial charge in [-0.1, -0.05) is 31.9 Å². The first-order valence-corrected chi connectivity index (χ1v) is 8.50. The Balaban J connectivity index is 1.58. The van der Waals surface area contributed by atoms with E-state index < -0.39 is 11.5 Å². The minimum absolute atomic E-state index is 0.0946. The van der Waals surface area contributed by atoms with E-state index in [0.717, 1.165) is 19.3 Å². The molecule has 0 N–H and O–H groups in total. The number of amides is 1. The Bertz CT molecular complexity index is 525. The molecule has 5 nitrogen and oxygen atoms in total. The summed E-state index contributed by atoms with van der Waals surface area (Å²) in [6, 6.07) is 0.329. The SMILES string of the molecule is CCCOC(=O)C1[C@H]2C(=O)N(C3CCCC3)C[C@]23C=C[C@H]1O3. The highest BCUT2D eigenvalue weighted by Crippen LogP contribution is 2.53. The van der Waals surface area contributed by atoms with E-state index in [1.54, 1.807) is 0 Å². The minimum Gasteiger partial charge on any atom is -0.465 e. The van der Waals surface area contributed by atoms with Crippen LogP contribution in [-0.4, -0.2) is 47.7 Å². The van der Waals surface area contributed by atoms with Crippen molar-refractivity contribution in [1.82, 2.24) is 4.90 Å². The predicted molar refractivity (Wildman–Crippen MR) is 78.9 cm³/mol. The van der Waals surface area contributed by atoms with Gasteiger partial charge in [0.05, 0.1) is 25.2 Å². The van der Waals surface area contributed by atoms with Crippen molar-refractivity contribution >= 4 is 11.9 Å². The maximum atomic E-state index is 13.0. The fourth-order valence-electron chi connectivity index (χ4n) is 4.62. The summed E-state index contributed by atoms with van der Waals surface area (Å²) >= 11 is 0. The van der Waals surface area contributed by atoms with E-state index in [9.17, 15) is 9.59 Å². The zero-order valence-corrected chi connectivity index (χ0v) is 13.0. The first kappa shape index (κ1) is 14.2. The number of nitrogens with zero attached hydrogens (tertiary/aromatic N) is 1. The Hall–Kier alpha value is -1.36. The van der Waals surface area contributed by atoms with Gasteiger partial charge in [-0.2, -0.15) is 0 Å². The molecule has 3 heterocycles. The summed E-state index contributed by atoms with van der Waals surface area (Å²) in [5, 5.41) is 0. The van der Waals surface area contributed by atoms with Crippen LogP contribution in [0.15, 0.2) is 12.2 Å². The number of hydrogen-bond donors (Lipinski definition) is 0. The maximum absolute atomic E-state index is 13.0. The monoisotopic (exact) mass is 305 g/mol. The summed E-state index contributed by atoms with van der Waals surface area (Å²) in [4.78, 5) is 27.3. The van der Waals surface area contributed by atoms with Crippen LogP contribution in [0.1, 0.15) is 39.0 Å². The lowest BCUT2D eigenvalue weighted by molar-refractivity contribution is -0.154. The Morgan fingerprint density at radius 2 is 2.23 bits per heavy atom. The second kappa shape index (κ2) is 5.08. The smallest absolute Gasteiger partial charge is 0.312 e. The molecule has 120 valence electrons. The quantitative estimate of drug-likeness (QED) is 0.585.